The van der Waals surface area contributed by atoms with E-state index in [2.05, 4.69) is 21.7 Å². The Bertz CT molecular complexity index is 1540. The number of methoxy groups -OCH3 is 1. The average Bonchev–Trinajstić information content (AvgIpc) is 2.99. The number of nitrogens with one attached hydrogen (secondary N) is 2. The van der Waals surface area contributed by atoms with Gasteiger partial charge < -0.3 is 15.4 Å². The van der Waals surface area contributed by atoms with Crippen LogP contribution in [0.5, 0.6) is 5.75 Å². The van der Waals surface area contributed by atoms with Crippen molar-refractivity contribution in [3.63, 3.8) is 0 Å². The third kappa shape index (κ3) is 5.62. The molecule has 0 aliphatic rings. The maximum atomic E-state index is 12.8. The van der Waals surface area contributed by atoms with Gasteiger partial charge in [-0.25, -0.2) is 9.97 Å². The lowest BCUT2D eigenvalue weighted by Crippen LogP contribution is -2.33. The number of anilines is 1. The highest BCUT2D eigenvalue weighted by Gasteiger charge is 2.19. The minimum atomic E-state index is -0.282. The van der Waals surface area contributed by atoms with Gasteiger partial charge in [-0.1, -0.05) is 48.5 Å². The second-order valence-electron chi connectivity index (χ2n) is 8.98. The number of benzene rings is 3. The molecule has 1 amide bonds. The normalized spacial score (nSPS) is 11.6. The van der Waals surface area contributed by atoms with Gasteiger partial charge in [0.15, 0.2) is 5.82 Å². The van der Waals surface area contributed by atoms with E-state index in [0.717, 1.165) is 38.9 Å². The van der Waals surface area contributed by atoms with Crippen LogP contribution in [-0.4, -0.2) is 41.6 Å². The Balaban J connectivity index is 1.54. The van der Waals surface area contributed by atoms with E-state index in [0.29, 0.717) is 24.6 Å². The standard InChI is InChI=1S/C31H29N5O2/c1-32-31(37)25(16-21-8-4-3-5-9-21)20-34-30-27-18-23(22-10-6-12-26(17-22)38-2)13-14-28(27)35-29(36-30)24-11-7-15-33-19-24/h3-15,17-19,25H,16,20H2,1-2H3,(H,32,37)(H,34,35,36). The third-order valence-electron chi connectivity index (χ3n) is 6.48. The van der Waals surface area contributed by atoms with Crippen LogP contribution in [0.1, 0.15) is 5.56 Å². The van der Waals surface area contributed by atoms with Gasteiger partial charge in [0, 0.05) is 36.9 Å². The second-order valence-corrected chi connectivity index (χ2v) is 8.98. The van der Waals surface area contributed by atoms with Crippen LogP contribution in [0, 0.1) is 5.92 Å². The minimum absolute atomic E-state index is 0.0238. The molecule has 38 heavy (non-hydrogen) atoms. The van der Waals surface area contributed by atoms with Crippen LogP contribution in [0.2, 0.25) is 0 Å². The number of hydrogen-bond acceptors (Lipinski definition) is 6. The van der Waals surface area contributed by atoms with E-state index >= 15 is 0 Å². The van der Waals surface area contributed by atoms with E-state index in [1.807, 2.05) is 78.9 Å². The molecule has 1 unspecified atom stereocenters. The molecule has 2 aromatic heterocycles. The number of rotatable bonds is 9. The number of ether oxygens (including phenoxy) is 1. The lowest BCUT2D eigenvalue weighted by molar-refractivity contribution is -0.124. The van der Waals surface area contributed by atoms with Crippen LogP contribution in [-0.2, 0) is 11.2 Å². The Kier molecular flexibility index (Phi) is 7.54. The smallest absolute Gasteiger partial charge is 0.224 e. The van der Waals surface area contributed by atoms with Crippen molar-refractivity contribution in [2.75, 3.05) is 26.0 Å². The van der Waals surface area contributed by atoms with E-state index in [4.69, 9.17) is 14.7 Å². The molecule has 0 aliphatic heterocycles. The molecule has 7 nitrogen and oxygen atoms in total. The van der Waals surface area contributed by atoms with Gasteiger partial charge >= 0.3 is 0 Å². The van der Waals surface area contributed by atoms with Gasteiger partial charge in [-0.3, -0.25) is 9.78 Å². The Labute approximate surface area is 222 Å². The highest BCUT2D eigenvalue weighted by molar-refractivity contribution is 5.94. The molecule has 5 aromatic rings. The Morgan fingerprint density at radius 3 is 2.47 bits per heavy atom. The first-order valence-electron chi connectivity index (χ1n) is 12.5. The first-order chi connectivity index (χ1) is 18.6. The molecule has 5 rings (SSSR count). The predicted molar refractivity (Wildman–Crippen MR) is 151 cm³/mol. The van der Waals surface area contributed by atoms with Gasteiger partial charge in [0.25, 0.3) is 0 Å². The fourth-order valence-electron chi connectivity index (χ4n) is 4.45. The molecule has 0 spiro atoms. The number of carbonyl (C=O) groups excluding carboxylic acids is 1. The van der Waals surface area contributed by atoms with Crippen molar-refractivity contribution in [2.24, 2.45) is 5.92 Å². The fourth-order valence-corrected chi connectivity index (χ4v) is 4.45. The van der Waals surface area contributed by atoms with E-state index in [1.54, 1.807) is 26.6 Å². The molecule has 7 heteroatoms. The molecular weight excluding hydrogens is 474 g/mol. The topological polar surface area (TPSA) is 89.0 Å². The summed E-state index contributed by atoms with van der Waals surface area (Å²) in [6.07, 6.45) is 4.08. The number of nitrogens with zero attached hydrogens (tertiary/aromatic N) is 3. The molecule has 190 valence electrons. The van der Waals surface area contributed by atoms with Gasteiger partial charge in [0.2, 0.25) is 5.91 Å². The first-order valence-corrected chi connectivity index (χ1v) is 12.5. The van der Waals surface area contributed by atoms with Crippen molar-refractivity contribution in [3.8, 4) is 28.3 Å². The molecule has 2 heterocycles. The van der Waals surface area contributed by atoms with E-state index in [9.17, 15) is 4.79 Å². The number of amides is 1. The summed E-state index contributed by atoms with van der Waals surface area (Å²) in [5, 5.41) is 7.15. The largest absolute Gasteiger partial charge is 0.497 e. The van der Waals surface area contributed by atoms with Crippen LogP contribution < -0.4 is 15.4 Å². The van der Waals surface area contributed by atoms with Crippen molar-refractivity contribution in [1.29, 1.82) is 0 Å². The van der Waals surface area contributed by atoms with E-state index in [1.165, 1.54) is 0 Å². The quantitative estimate of drug-likeness (QED) is 0.281. The SMILES string of the molecule is CNC(=O)C(CNc1nc(-c2cccnc2)nc2ccc(-c3cccc(OC)c3)cc12)Cc1ccccc1. The summed E-state index contributed by atoms with van der Waals surface area (Å²) in [6.45, 7) is 0.413. The van der Waals surface area contributed by atoms with Crippen molar-refractivity contribution in [3.05, 3.63) is 103 Å². The summed E-state index contributed by atoms with van der Waals surface area (Å²) in [6, 6.07) is 27.9. The van der Waals surface area contributed by atoms with Crippen LogP contribution in [0.25, 0.3) is 33.4 Å². The van der Waals surface area contributed by atoms with Crippen molar-refractivity contribution in [2.45, 2.75) is 6.42 Å². The molecule has 2 N–H and O–H groups in total. The van der Waals surface area contributed by atoms with E-state index < -0.39 is 0 Å². The summed E-state index contributed by atoms with van der Waals surface area (Å²) in [5.41, 5.74) is 4.77. The number of carbonyl (C=O) groups is 1. The van der Waals surface area contributed by atoms with Gasteiger partial charge in [0.1, 0.15) is 11.6 Å². The zero-order valence-corrected chi connectivity index (χ0v) is 21.4. The molecule has 0 bridgehead atoms. The van der Waals surface area contributed by atoms with Crippen molar-refractivity contribution in [1.82, 2.24) is 20.3 Å². The van der Waals surface area contributed by atoms with Crippen molar-refractivity contribution < 1.29 is 9.53 Å². The van der Waals surface area contributed by atoms with E-state index in [-0.39, 0.29) is 11.8 Å². The van der Waals surface area contributed by atoms with Crippen molar-refractivity contribution >= 4 is 22.6 Å². The molecule has 0 radical (unpaired) electrons. The molecule has 0 saturated carbocycles. The summed E-state index contributed by atoms with van der Waals surface area (Å²) >= 11 is 0. The average molecular weight is 504 g/mol. The van der Waals surface area contributed by atoms with Crippen LogP contribution in [0.4, 0.5) is 5.82 Å². The van der Waals surface area contributed by atoms with Crippen LogP contribution in [0.15, 0.2) is 97.3 Å². The molecule has 0 saturated heterocycles. The predicted octanol–water partition coefficient (Wildman–Crippen LogP) is 5.38. The first kappa shape index (κ1) is 24.9. The number of hydrogen-bond donors (Lipinski definition) is 2. The maximum Gasteiger partial charge on any atom is 0.224 e. The van der Waals surface area contributed by atoms with Gasteiger partial charge in [-0.05, 0) is 59.5 Å². The molecular formula is C31H29N5O2. The second kappa shape index (κ2) is 11.5. The minimum Gasteiger partial charge on any atom is -0.497 e. The highest BCUT2D eigenvalue weighted by Crippen LogP contribution is 2.31. The monoisotopic (exact) mass is 503 g/mol. The Morgan fingerprint density at radius 2 is 1.71 bits per heavy atom. The Hall–Kier alpha value is -4.78. The number of pyridine rings is 1. The number of aromatic nitrogens is 3. The molecule has 3 aromatic carbocycles. The summed E-state index contributed by atoms with van der Waals surface area (Å²) < 4.78 is 5.42. The van der Waals surface area contributed by atoms with Crippen LogP contribution in [0.3, 0.4) is 0 Å². The summed E-state index contributed by atoms with van der Waals surface area (Å²) in [5.74, 6) is 1.72. The van der Waals surface area contributed by atoms with Crippen LogP contribution >= 0.6 is 0 Å². The highest BCUT2D eigenvalue weighted by atomic mass is 16.5. The zero-order valence-electron chi connectivity index (χ0n) is 21.4. The molecule has 0 fully saturated rings. The lowest BCUT2D eigenvalue weighted by Gasteiger charge is -2.18. The third-order valence-corrected chi connectivity index (χ3v) is 6.48. The molecule has 1 atom stereocenters. The zero-order chi connectivity index (χ0) is 26.3. The van der Waals surface area contributed by atoms with Gasteiger partial charge in [0.05, 0.1) is 18.5 Å². The van der Waals surface area contributed by atoms with Gasteiger partial charge in [-0.15, -0.1) is 0 Å². The fraction of sp³-hybridized carbons (Fsp3) is 0.161. The Morgan fingerprint density at radius 1 is 0.895 bits per heavy atom. The van der Waals surface area contributed by atoms with Gasteiger partial charge in [-0.2, -0.15) is 0 Å². The number of fused-ring (bicyclic) bond motifs is 1. The summed E-state index contributed by atoms with van der Waals surface area (Å²) in [7, 11) is 3.33. The summed E-state index contributed by atoms with van der Waals surface area (Å²) in [4.78, 5) is 26.7. The maximum absolute atomic E-state index is 12.8. The molecule has 0 aliphatic carbocycles. The lowest BCUT2D eigenvalue weighted by atomic mass is 9.98.